The molecule has 0 radical (unpaired) electrons. The van der Waals surface area contributed by atoms with Gasteiger partial charge in [-0.25, -0.2) is 0 Å². The lowest BCUT2D eigenvalue weighted by atomic mass is 9.88. The van der Waals surface area contributed by atoms with Crippen LogP contribution in [0.3, 0.4) is 0 Å². The fourth-order valence-electron chi connectivity index (χ4n) is 1.30. The van der Waals surface area contributed by atoms with Crippen LogP contribution in [0.1, 0.15) is 26.7 Å². The number of alkyl halides is 4. The topological polar surface area (TPSA) is 21.3 Å². The van der Waals surface area contributed by atoms with E-state index in [4.69, 9.17) is 11.6 Å². The van der Waals surface area contributed by atoms with Gasteiger partial charge in [0.05, 0.1) is 6.61 Å². The van der Waals surface area contributed by atoms with Gasteiger partial charge in [-0.2, -0.15) is 0 Å². The second kappa shape index (κ2) is 7.35. The molecule has 98 valence electrons. The number of nitrogens with one attached hydrogen (secondary N) is 1. The SMILES string of the molecule is CC(C)(CCCCl)CNCCOC(F)(F)F. The molecule has 0 rings (SSSR count). The number of ether oxygens (including phenoxy) is 1. The molecule has 0 aromatic carbocycles. The van der Waals surface area contributed by atoms with Crippen LogP contribution in [0.4, 0.5) is 13.2 Å². The van der Waals surface area contributed by atoms with Gasteiger partial charge in [0, 0.05) is 19.0 Å². The number of hydrogen-bond donors (Lipinski definition) is 1. The fourth-order valence-corrected chi connectivity index (χ4v) is 1.43. The summed E-state index contributed by atoms with van der Waals surface area (Å²) in [6.45, 7) is 4.61. The van der Waals surface area contributed by atoms with Gasteiger partial charge in [0.1, 0.15) is 0 Å². The van der Waals surface area contributed by atoms with E-state index in [9.17, 15) is 13.2 Å². The summed E-state index contributed by atoms with van der Waals surface area (Å²) in [5.41, 5.74) is 0.0487. The second-order valence-corrected chi connectivity index (χ2v) is 4.81. The van der Waals surface area contributed by atoms with Crippen LogP contribution in [0.15, 0.2) is 0 Å². The van der Waals surface area contributed by atoms with E-state index < -0.39 is 6.36 Å². The molecule has 0 atom stereocenters. The van der Waals surface area contributed by atoms with Crippen molar-refractivity contribution in [1.82, 2.24) is 5.32 Å². The van der Waals surface area contributed by atoms with Crippen LogP contribution in [-0.4, -0.2) is 31.9 Å². The van der Waals surface area contributed by atoms with Crippen molar-refractivity contribution >= 4 is 11.6 Å². The Morgan fingerprint density at radius 1 is 1.25 bits per heavy atom. The molecule has 0 saturated heterocycles. The highest BCUT2D eigenvalue weighted by Gasteiger charge is 2.28. The maximum atomic E-state index is 11.6. The predicted molar refractivity (Wildman–Crippen MR) is 58.6 cm³/mol. The molecular formula is C10H19ClF3NO. The Balaban J connectivity index is 3.50. The summed E-state index contributed by atoms with van der Waals surface area (Å²) in [6.07, 6.45) is -2.67. The third-order valence-corrected chi connectivity index (χ3v) is 2.40. The van der Waals surface area contributed by atoms with Crippen molar-refractivity contribution in [1.29, 1.82) is 0 Å². The van der Waals surface area contributed by atoms with Crippen LogP contribution >= 0.6 is 11.6 Å². The Bertz CT molecular complexity index is 185. The zero-order valence-electron chi connectivity index (χ0n) is 9.66. The molecule has 0 aliphatic rings. The maximum Gasteiger partial charge on any atom is 0.522 e. The van der Waals surface area contributed by atoms with E-state index in [0.717, 1.165) is 12.8 Å². The van der Waals surface area contributed by atoms with Crippen molar-refractivity contribution in [3.8, 4) is 0 Å². The molecule has 0 aromatic heterocycles. The molecule has 0 saturated carbocycles. The van der Waals surface area contributed by atoms with E-state index in [1.807, 2.05) is 0 Å². The van der Waals surface area contributed by atoms with Gasteiger partial charge < -0.3 is 5.32 Å². The minimum absolute atomic E-state index is 0.0487. The van der Waals surface area contributed by atoms with Crippen LogP contribution < -0.4 is 5.32 Å². The normalized spacial score (nSPS) is 13.1. The maximum absolute atomic E-state index is 11.6. The predicted octanol–water partition coefficient (Wildman–Crippen LogP) is 3.16. The first-order chi connectivity index (χ1) is 7.27. The largest absolute Gasteiger partial charge is 0.522 e. The molecule has 1 N–H and O–H groups in total. The molecule has 0 bridgehead atoms. The molecule has 0 fully saturated rings. The average molecular weight is 262 g/mol. The van der Waals surface area contributed by atoms with Crippen LogP contribution in [0, 0.1) is 5.41 Å². The van der Waals surface area contributed by atoms with Crippen molar-refractivity contribution in [2.75, 3.05) is 25.6 Å². The van der Waals surface area contributed by atoms with E-state index in [2.05, 4.69) is 23.9 Å². The molecule has 16 heavy (non-hydrogen) atoms. The summed E-state index contributed by atoms with van der Waals surface area (Å²) in [4.78, 5) is 0. The van der Waals surface area contributed by atoms with Crippen LogP contribution in [0.2, 0.25) is 0 Å². The molecule has 0 unspecified atom stereocenters. The van der Waals surface area contributed by atoms with Crippen molar-refractivity contribution < 1.29 is 17.9 Å². The number of rotatable bonds is 8. The Morgan fingerprint density at radius 2 is 1.88 bits per heavy atom. The van der Waals surface area contributed by atoms with Gasteiger partial charge in [0.2, 0.25) is 0 Å². The third kappa shape index (κ3) is 10.5. The zero-order valence-corrected chi connectivity index (χ0v) is 10.4. The Hall–Kier alpha value is -0.0000000000000000555. The Morgan fingerprint density at radius 3 is 2.38 bits per heavy atom. The third-order valence-electron chi connectivity index (χ3n) is 2.14. The highest BCUT2D eigenvalue weighted by molar-refractivity contribution is 6.17. The molecule has 6 heteroatoms. The summed E-state index contributed by atoms with van der Waals surface area (Å²) in [5, 5.41) is 2.94. The van der Waals surface area contributed by atoms with Gasteiger partial charge in [0.15, 0.2) is 0 Å². The van der Waals surface area contributed by atoms with Gasteiger partial charge in [-0.1, -0.05) is 13.8 Å². The van der Waals surface area contributed by atoms with Crippen LogP contribution in [-0.2, 0) is 4.74 Å². The summed E-state index contributed by atoms with van der Waals surface area (Å²) >= 11 is 5.58. The lowest BCUT2D eigenvalue weighted by Crippen LogP contribution is -2.32. The summed E-state index contributed by atoms with van der Waals surface area (Å²) in [7, 11) is 0. The van der Waals surface area contributed by atoms with E-state index in [0.29, 0.717) is 12.4 Å². The van der Waals surface area contributed by atoms with Gasteiger partial charge in [-0.3, -0.25) is 4.74 Å². The lowest BCUT2D eigenvalue weighted by molar-refractivity contribution is -0.323. The molecule has 0 aromatic rings. The quantitative estimate of drug-likeness (QED) is 0.535. The standard InChI is InChI=1S/C10H19ClF3NO/c1-9(2,4-3-5-11)8-15-6-7-16-10(12,13)14/h15H,3-8H2,1-2H3. The van der Waals surface area contributed by atoms with E-state index in [-0.39, 0.29) is 18.6 Å². The molecule has 0 aliphatic carbocycles. The van der Waals surface area contributed by atoms with E-state index >= 15 is 0 Å². The minimum Gasteiger partial charge on any atom is -0.314 e. The molecule has 0 heterocycles. The average Bonchev–Trinajstić information content (AvgIpc) is 2.12. The molecule has 0 amide bonds. The van der Waals surface area contributed by atoms with Gasteiger partial charge in [0.25, 0.3) is 0 Å². The smallest absolute Gasteiger partial charge is 0.314 e. The first-order valence-electron chi connectivity index (χ1n) is 5.24. The molecular weight excluding hydrogens is 243 g/mol. The number of hydrogen-bond acceptors (Lipinski definition) is 2. The van der Waals surface area contributed by atoms with Gasteiger partial charge in [-0.15, -0.1) is 24.8 Å². The van der Waals surface area contributed by atoms with Crippen molar-refractivity contribution in [3.05, 3.63) is 0 Å². The second-order valence-electron chi connectivity index (χ2n) is 4.43. The van der Waals surface area contributed by atoms with Gasteiger partial charge in [-0.05, 0) is 18.3 Å². The molecule has 0 aliphatic heterocycles. The minimum atomic E-state index is -4.53. The lowest BCUT2D eigenvalue weighted by Gasteiger charge is -2.24. The van der Waals surface area contributed by atoms with Crippen molar-refractivity contribution in [3.63, 3.8) is 0 Å². The Labute approximate surface area is 99.5 Å². The first-order valence-corrected chi connectivity index (χ1v) is 5.78. The number of halogens is 4. The van der Waals surface area contributed by atoms with E-state index in [1.165, 1.54) is 0 Å². The van der Waals surface area contributed by atoms with Crippen molar-refractivity contribution in [2.24, 2.45) is 5.41 Å². The monoisotopic (exact) mass is 261 g/mol. The first kappa shape index (κ1) is 16.0. The zero-order chi connectivity index (χ0) is 12.7. The highest BCUT2D eigenvalue weighted by Crippen LogP contribution is 2.21. The summed E-state index contributed by atoms with van der Waals surface area (Å²) in [5.74, 6) is 0.612. The summed E-state index contributed by atoms with van der Waals surface area (Å²) < 4.78 is 38.5. The molecule has 0 spiro atoms. The fraction of sp³-hybridized carbons (Fsp3) is 1.00. The van der Waals surface area contributed by atoms with Crippen molar-refractivity contribution in [2.45, 2.75) is 33.1 Å². The Kier molecular flexibility index (Phi) is 7.35. The molecule has 2 nitrogen and oxygen atoms in total. The van der Waals surface area contributed by atoms with Gasteiger partial charge >= 0.3 is 6.36 Å². The van der Waals surface area contributed by atoms with Crippen LogP contribution in [0.5, 0.6) is 0 Å². The van der Waals surface area contributed by atoms with E-state index in [1.54, 1.807) is 0 Å². The van der Waals surface area contributed by atoms with Crippen LogP contribution in [0.25, 0.3) is 0 Å². The summed E-state index contributed by atoms with van der Waals surface area (Å²) in [6, 6.07) is 0. The highest BCUT2D eigenvalue weighted by atomic mass is 35.5.